The Bertz CT molecular complexity index is 362. The largest absolute Gasteiger partial charge is 0.490 e. The van der Waals surface area contributed by atoms with Crippen LogP contribution in [-0.2, 0) is 0 Å². The lowest BCUT2D eigenvalue weighted by atomic mass is 10.2. The SMILES string of the molecule is O=C(S)c1ccc2c(c1)OCCCO2. The van der Waals surface area contributed by atoms with Crippen molar-refractivity contribution >= 4 is 17.7 Å². The molecular weight excluding hydrogens is 200 g/mol. The molecule has 0 aliphatic carbocycles. The van der Waals surface area contributed by atoms with Gasteiger partial charge in [0.2, 0.25) is 5.12 Å². The summed E-state index contributed by atoms with van der Waals surface area (Å²) in [5.41, 5.74) is 0.526. The van der Waals surface area contributed by atoms with Crippen molar-refractivity contribution < 1.29 is 14.3 Å². The number of thiol groups is 1. The van der Waals surface area contributed by atoms with Crippen LogP contribution in [0.2, 0.25) is 0 Å². The molecule has 0 bridgehead atoms. The molecule has 0 saturated carbocycles. The zero-order valence-electron chi connectivity index (χ0n) is 7.53. The van der Waals surface area contributed by atoms with Crippen LogP contribution in [0.4, 0.5) is 0 Å². The van der Waals surface area contributed by atoms with Crippen LogP contribution in [0, 0.1) is 0 Å². The molecule has 1 heterocycles. The van der Waals surface area contributed by atoms with Gasteiger partial charge in [-0.25, -0.2) is 0 Å². The van der Waals surface area contributed by atoms with Crippen LogP contribution in [0.5, 0.6) is 11.5 Å². The number of hydrogen-bond acceptors (Lipinski definition) is 3. The van der Waals surface area contributed by atoms with E-state index in [0.717, 1.165) is 6.42 Å². The molecule has 0 N–H and O–H groups in total. The van der Waals surface area contributed by atoms with Gasteiger partial charge in [0.1, 0.15) is 0 Å². The van der Waals surface area contributed by atoms with Crippen LogP contribution in [-0.4, -0.2) is 18.3 Å². The second-order valence-corrected chi connectivity index (χ2v) is 3.42. The van der Waals surface area contributed by atoms with E-state index in [1.807, 2.05) is 0 Å². The standard InChI is InChI=1S/C10H10O3S/c11-10(14)7-2-3-8-9(6-7)13-5-1-4-12-8/h2-3,6H,1,4-5H2,(H,11,14). The molecule has 0 unspecified atom stereocenters. The van der Waals surface area contributed by atoms with Crippen molar-refractivity contribution in [2.75, 3.05) is 13.2 Å². The molecule has 0 saturated heterocycles. The summed E-state index contributed by atoms with van der Waals surface area (Å²) in [7, 11) is 0. The fourth-order valence-electron chi connectivity index (χ4n) is 1.30. The van der Waals surface area contributed by atoms with E-state index in [2.05, 4.69) is 12.6 Å². The average Bonchev–Trinajstić information content (AvgIpc) is 2.41. The van der Waals surface area contributed by atoms with Gasteiger partial charge < -0.3 is 9.47 Å². The van der Waals surface area contributed by atoms with E-state index in [1.165, 1.54) is 0 Å². The van der Waals surface area contributed by atoms with Crippen LogP contribution in [0.3, 0.4) is 0 Å². The first-order chi connectivity index (χ1) is 6.77. The van der Waals surface area contributed by atoms with E-state index < -0.39 is 0 Å². The van der Waals surface area contributed by atoms with Crippen LogP contribution < -0.4 is 9.47 Å². The fourth-order valence-corrected chi connectivity index (χ4v) is 1.44. The topological polar surface area (TPSA) is 35.5 Å². The minimum Gasteiger partial charge on any atom is -0.490 e. The molecule has 0 radical (unpaired) electrons. The molecular formula is C10H10O3S. The second kappa shape index (κ2) is 3.92. The average molecular weight is 210 g/mol. The van der Waals surface area contributed by atoms with Crippen LogP contribution in [0.1, 0.15) is 16.8 Å². The maximum absolute atomic E-state index is 11.0. The summed E-state index contributed by atoms with van der Waals surface area (Å²) < 4.78 is 10.9. The molecule has 3 nitrogen and oxygen atoms in total. The fraction of sp³-hybridized carbons (Fsp3) is 0.300. The summed E-state index contributed by atoms with van der Waals surface area (Å²) in [4.78, 5) is 11.0. The van der Waals surface area contributed by atoms with E-state index >= 15 is 0 Å². The molecule has 1 aliphatic heterocycles. The van der Waals surface area contributed by atoms with Crippen LogP contribution in [0.15, 0.2) is 18.2 Å². The Morgan fingerprint density at radius 1 is 1.21 bits per heavy atom. The monoisotopic (exact) mass is 210 g/mol. The Kier molecular flexibility index (Phi) is 2.63. The highest BCUT2D eigenvalue weighted by molar-refractivity contribution is 7.97. The van der Waals surface area contributed by atoms with Gasteiger partial charge in [-0.3, -0.25) is 4.79 Å². The maximum Gasteiger partial charge on any atom is 0.216 e. The number of fused-ring (bicyclic) bond motifs is 1. The normalized spacial score (nSPS) is 14.6. The minimum absolute atomic E-state index is 0.263. The number of carbonyl (C=O) groups excluding carboxylic acids is 1. The molecule has 1 aromatic carbocycles. The first-order valence-electron chi connectivity index (χ1n) is 4.40. The summed E-state index contributed by atoms with van der Waals surface area (Å²) >= 11 is 3.75. The summed E-state index contributed by atoms with van der Waals surface area (Å²) in [5.74, 6) is 1.32. The number of rotatable bonds is 1. The van der Waals surface area contributed by atoms with Crippen LogP contribution in [0.25, 0.3) is 0 Å². The summed E-state index contributed by atoms with van der Waals surface area (Å²) in [6.07, 6.45) is 0.860. The summed E-state index contributed by atoms with van der Waals surface area (Å²) in [6.45, 7) is 1.28. The van der Waals surface area contributed by atoms with Crippen molar-refractivity contribution in [1.82, 2.24) is 0 Å². The second-order valence-electron chi connectivity index (χ2n) is 3.02. The predicted molar refractivity (Wildman–Crippen MR) is 55.4 cm³/mol. The third kappa shape index (κ3) is 1.85. The Labute approximate surface area is 87.4 Å². The number of hydrogen-bond donors (Lipinski definition) is 1. The molecule has 0 amide bonds. The van der Waals surface area contributed by atoms with E-state index in [9.17, 15) is 4.79 Å². The Hall–Kier alpha value is -1.16. The van der Waals surface area contributed by atoms with Gasteiger partial charge in [-0.2, -0.15) is 0 Å². The number of benzene rings is 1. The lowest BCUT2D eigenvalue weighted by Crippen LogP contribution is -1.97. The molecule has 0 spiro atoms. The third-order valence-electron chi connectivity index (χ3n) is 1.99. The predicted octanol–water partition coefficient (Wildman–Crippen LogP) is 1.92. The summed E-state index contributed by atoms with van der Waals surface area (Å²) in [6, 6.07) is 5.09. The molecule has 0 fully saturated rings. The Morgan fingerprint density at radius 3 is 2.64 bits per heavy atom. The maximum atomic E-state index is 11.0. The van der Waals surface area contributed by atoms with E-state index in [4.69, 9.17) is 9.47 Å². The zero-order chi connectivity index (χ0) is 9.97. The van der Waals surface area contributed by atoms with E-state index in [-0.39, 0.29) is 5.12 Å². The first-order valence-corrected chi connectivity index (χ1v) is 4.85. The van der Waals surface area contributed by atoms with Crippen molar-refractivity contribution in [2.24, 2.45) is 0 Å². The molecule has 0 aromatic heterocycles. The van der Waals surface area contributed by atoms with Crippen molar-refractivity contribution in [3.8, 4) is 11.5 Å². The minimum atomic E-state index is -0.263. The Morgan fingerprint density at radius 2 is 1.93 bits per heavy atom. The van der Waals surface area contributed by atoms with Crippen LogP contribution >= 0.6 is 12.6 Å². The van der Waals surface area contributed by atoms with Crippen molar-refractivity contribution in [1.29, 1.82) is 0 Å². The molecule has 2 rings (SSSR count). The van der Waals surface area contributed by atoms with Gasteiger partial charge in [-0.1, -0.05) is 0 Å². The van der Waals surface area contributed by atoms with Gasteiger partial charge in [-0.05, 0) is 18.2 Å². The smallest absolute Gasteiger partial charge is 0.216 e. The number of ether oxygens (including phenoxy) is 2. The van der Waals surface area contributed by atoms with Gasteiger partial charge in [0.05, 0.1) is 13.2 Å². The van der Waals surface area contributed by atoms with Gasteiger partial charge in [0.15, 0.2) is 11.5 Å². The van der Waals surface area contributed by atoms with E-state index in [0.29, 0.717) is 30.3 Å². The Balaban J connectivity index is 2.37. The molecule has 4 heteroatoms. The first kappa shape index (κ1) is 9.40. The molecule has 0 atom stereocenters. The zero-order valence-corrected chi connectivity index (χ0v) is 8.42. The van der Waals surface area contributed by atoms with Gasteiger partial charge >= 0.3 is 0 Å². The van der Waals surface area contributed by atoms with Gasteiger partial charge in [0.25, 0.3) is 0 Å². The lowest BCUT2D eigenvalue weighted by Gasteiger charge is -2.07. The molecule has 1 aromatic rings. The van der Waals surface area contributed by atoms with E-state index in [1.54, 1.807) is 18.2 Å². The highest BCUT2D eigenvalue weighted by Crippen LogP contribution is 2.30. The third-order valence-corrected chi connectivity index (χ3v) is 2.25. The lowest BCUT2D eigenvalue weighted by molar-refractivity contribution is 0.109. The quantitative estimate of drug-likeness (QED) is 0.719. The molecule has 14 heavy (non-hydrogen) atoms. The summed E-state index contributed by atoms with van der Waals surface area (Å²) in [5, 5.41) is -0.263. The van der Waals surface area contributed by atoms with Gasteiger partial charge in [0, 0.05) is 12.0 Å². The number of carbonyl (C=O) groups is 1. The van der Waals surface area contributed by atoms with Gasteiger partial charge in [-0.15, -0.1) is 12.6 Å². The molecule has 1 aliphatic rings. The van der Waals surface area contributed by atoms with Crippen molar-refractivity contribution in [3.63, 3.8) is 0 Å². The highest BCUT2D eigenvalue weighted by Gasteiger charge is 2.11. The molecule has 74 valence electrons. The van der Waals surface area contributed by atoms with Crippen molar-refractivity contribution in [2.45, 2.75) is 6.42 Å². The highest BCUT2D eigenvalue weighted by atomic mass is 32.1. The van der Waals surface area contributed by atoms with Crippen molar-refractivity contribution in [3.05, 3.63) is 23.8 Å².